The van der Waals surface area contributed by atoms with Gasteiger partial charge in [-0.2, -0.15) is 0 Å². The van der Waals surface area contributed by atoms with Crippen LogP contribution in [0.1, 0.15) is 25.8 Å². The van der Waals surface area contributed by atoms with Gasteiger partial charge in [-0.15, -0.1) is 21.5 Å². The van der Waals surface area contributed by atoms with Crippen LogP contribution in [0, 0.1) is 0 Å². The van der Waals surface area contributed by atoms with Crippen molar-refractivity contribution in [2.24, 2.45) is 0 Å². The fourth-order valence-corrected chi connectivity index (χ4v) is 4.31. The minimum absolute atomic E-state index is 0.145. The molecule has 0 unspecified atom stereocenters. The van der Waals surface area contributed by atoms with Crippen molar-refractivity contribution in [3.8, 4) is 10.7 Å². The van der Waals surface area contributed by atoms with Crippen molar-refractivity contribution in [3.05, 3.63) is 41.0 Å². The zero-order valence-electron chi connectivity index (χ0n) is 13.9. The molecule has 9 heteroatoms. The highest BCUT2D eigenvalue weighted by molar-refractivity contribution is 8.00. The van der Waals surface area contributed by atoms with Crippen LogP contribution in [0.2, 0.25) is 5.15 Å². The predicted molar refractivity (Wildman–Crippen MR) is 105 cm³/mol. The standard InChI is InChI=1S/C17H16ClN5OS2/c1-10(16(24)20-12-4-2-8-19-14(12)18)26-17-22-21-15(13-5-3-9-25-13)23(17)11-6-7-11/h2-5,8-11H,6-7H2,1H3,(H,20,24)/t10-/m0/s1. The Labute approximate surface area is 164 Å². The van der Waals surface area contributed by atoms with E-state index in [1.165, 1.54) is 11.8 Å². The average Bonchev–Trinajstić information content (AvgIpc) is 3.16. The molecule has 1 fully saturated rings. The SMILES string of the molecule is C[C@H](Sc1nnc(-c2cccs2)n1C1CC1)C(=O)Nc1cccnc1Cl. The zero-order valence-corrected chi connectivity index (χ0v) is 16.3. The van der Waals surface area contributed by atoms with Crippen LogP contribution < -0.4 is 5.32 Å². The normalized spacial score (nSPS) is 15.0. The van der Waals surface area contributed by atoms with E-state index in [9.17, 15) is 4.79 Å². The number of anilines is 1. The Bertz CT molecular complexity index is 923. The summed E-state index contributed by atoms with van der Waals surface area (Å²) in [6.45, 7) is 1.85. The van der Waals surface area contributed by atoms with Crippen molar-refractivity contribution in [2.75, 3.05) is 5.32 Å². The molecule has 134 valence electrons. The van der Waals surface area contributed by atoms with Gasteiger partial charge in [0, 0.05) is 12.2 Å². The second-order valence-electron chi connectivity index (χ2n) is 5.98. The molecule has 1 saturated carbocycles. The van der Waals surface area contributed by atoms with Crippen LogP contribution in [0.25, 0.3) is 10.7 Å². The van der Waals surface area contributed by atoms with Crippen molar-refractivity contribution >= 4 is 46.3 Å². The Balaban J connectivity index is 1.52. The zero-order chi connectivity index (χ0) is 18.1. The summed E-state index contributed by atoms with van der Waals surface area (Å²) in [4.78, 5) is 17.6. The molecule has 3 aromatic heterocycles. The molecule has 1 atom stereocenters. The Morgan fingerprint density at radius 2 is 2.23 bits per heavy atom. The maximum absolute atomic E-state index is 12.5. The van der Waals surface area contributed by atoms with Gasteiger partial charge in [0.15, 0.2) is 16.1 Å². The fourth-order valence-electron chi connectivity index (χ4n) is 2.52. The van der Waals surface area contributed by atoms with Gasteiger partial charge in [0.2, 0.25) is 5.91 Å². The molecular weight excluding hydrogens is 390 g/mol. The van der Waals surface area contributed by atoms with E-state index in [-0.39, 0.29) is 16.3 Å². The van der Waals surface area contributed by atoms with Gasteiger partial charge in [-0.05, 0) is 43.3 Å². The van der Waals surface area contributed by atoms with E-state index < -0.39 is 0 Å². The second-order valence-corrected chi connectivity index (χ2v) is 8.59. The van der Waals surface area contributed by atoms with E-state index >= 15 is 0 Å². The number of amides is 1. The number of rotatable bonds is 6. The van der Waals surface area contributed by atoms with Gasteiger partial charge >= 0.3 is 0 Å². The molecule has 0 aliphatic heterocycles. The molecule has 0 radical (unpaired) electrons. The minimum atomic E-state index is -0.343. The summed E-state index contributed by atoms with van der Waals surface area (Å²) < 4.78 is 2.16. The third kappa shape index (κ3) is 3.62. The highest BCUT2D eigenvalue weighted by Crippen LogP contribution is 2.42. The van der Waals surface area contributed by atoms with Gasteiger partial charge in [-0.1, -0.05) is 29.4 Å². The van der Waals surface area contributed by atoms with Gasteiger partial charge in [0.05, 0.1) is 15.8 Å². The van der Waals surface area contributed by atoms with E-state index in [2.05, 4.69) is 25.1 Å². The Morgan fingerprint density at radius 3 is 2.92 bits per heavy atom. The lowest BCUT2D eigenvalue weighted by Crippen LogP contribution is -2.23. The number of pyridine rings is 1. The van der Waals surface area contributed by atoms with E-state index in [1.807, 2.05) is 24.4 Å². The van der Waals surface area contributed by atoms with E-state index in [1.54, 1.807) is 29.7 Å². The van der Waals surface area contributed by atoms with Gasteiger partial charge in [0.25, 0.3) is 0 Å². The molecule has 0 aromatic carbocycles. The second kappa shape index (κ2) is 7.38. The maximum Gasteiger partial charge on any atom is 0.237 e. The number of carbonyl (C=O) groups is 1. The number of hydrogen-bond donors (Lipinski definition) is 1. The van der Waals surface area contributed by atoms with E-state index in [0.717, 1.165) is 28.7 Å². The summed E-state index contributed by atoms with van der Waals surface area (Å²) in [6.07, 6.45) is 3.83. The van der Waals surface area contributed by atoms with E-state index in [4.69, 9.17) is 11.6 Å². The van der Waals surface area contributed by atoms with Crippen molar-refractivity contribution in [2.45, 2.75) is 36.2 Å². The van der Waals surface area contributed by atoms with Gasteiger partial charge in [-0.3, -0.25) is 9.36 Å². The van der Waals surface area contributed by atoms with Crippen LogP contribution in [-0.2, 0) is 4.79 Å². The molecular formula is C17H16ClN5OS2. The summed E-state index contributed by atoms with van der Waals surface area (Å²) in [5.41, 5.74) is 0.509. The van der Waals surface area contributed by atoms with Gasteiger partial charge < -0.3 is 5.32 Å². The number of nitrogens with one attached hydrogen (secondary N) is 1. The first-order valence-corrected chi connectivity index (χ1v) is 10.3. The Kier molecular flexibility index (Phi) is 4.97. The highest BCUT2D eigenvalue weighted by Gasteiger charge is 2.31. The number of thiophene rings is 1. The molecule has 0 bridgehead atoms. The number of carbonyl (C=O) groups excluding carboxylic acids is 1. The van der Waals surface area contributed by atoms with Crippen LogP contribution in [0.5, 0.6) is 0 Å². The predicted octanol–water partition coefficient (Wildman–Crippen LogP) is 4.51. The first kappa shape index (κ1) is 17.5. The lowest BCUT2D eigenvalue weighted by Gasteiger charge is -2.13. The molecule has 26 heavy (non-hydrogen) atoms. The molecule has 1 aliphatic carbocycles. The summed E-state index contributed by atoms with van der Waals surface area (Å²) in [7, 11) is 0. The lowest BCUT2D eigenvalue weighted by atomic mass is 10.4. The van der Waals surface area contributed by atoms with Crippen LogP contribution in [-0.4, -0.2) is 30.9 Å². The van der Waals surface area contributed by atoms with Crippen molar-refractivity contribution in [3.63, 3.8) is 0 Å². The van der Waals surface area contributed by atoms with Crippen LogP contribution in [0.4, 0.5) is 5.69 Å². The molecule has 0 spiro atoms. The fraction of sp³-hybridized carbons (Fsp3) is 0.294. The summed E-state index contributed by atoms with van der Waals surface area (Å²) in [5.74, 6) is 0.737. The largest absolute Gasteiger partial charge is 0.322 e. The molecule has 3 heterocycles. The average molecular weight is 406 g/mol. The maximum atomic E-state index is 12.5. The molecule has 1 amide bonds. The van der Waals surface area contributed by atoms with Crippen LogP contribution in [0.15, 0.2) is 41.0 Å². The topological polar surface area (TPSA) is 72.7 Å². The third-order valence-corrected chi connectivity index (χ3v) is 6.21. The number of thioether (sulfide) groups is 1. The Morgan fingerprint density at radius 1 is 1.38 bits per heavy atom. The summed E-state index contributed by atoms with van der Waals surface area (Å²) in [6, 6.07) is 7.94. The highest BCUT2D eigenvalue weighted by atomic mass is 35.5. The van der Waals surface area contributed by atoms with Crippen molar-refractivity contribution < 1.29 is 4.79 Å². The number of aromatic nitrogens is 4. The molecule has 3 aromatic rings. The molecule has 1 N–H and O–H groups in total. The smallest absolute Gasteiger partial charge is 0.237 e. The summed E-state index contributed by atoms with van der Waals surface area (Å²) >= 11 is 9.06. The van der Waals surface area contributed by atoms with E-state index in [0.29, 0.717) is 11.7 Å². The first-order valence-electron chi connectivity index (χ1n) is 8.20. The van der Waals surface area contributed by atoms with Crippen molar-refractivity contribution in [1.82, 2.24) is 19.7 Å². The minimum Gasteiger partial charge on any atom is -0.322 e. The van der Waals surface area contributed by atoms with Crippen molar-refractivity contribution in [1.29, 1.82) is 0 Å². The summed E-state index contributed by atoms with van der Waals surface area (Å²) in [5, 5.41) is 14.3. The van der Waals surface area contributed by atoms with Crippen LogP contribution >= 0.6 is 34.7 Å². The number of halogens is 1. The third-order valence-electron chi connectivity index (χ3n) is 3.99. The molecule has 6 nitrogen and oxygen atoms in total. The van der Waals surface area contributed by atoms with Gasteiger partial charge in [-0.25, -0.2) is 4.98 Å². The van der Waals surface area contributed by atoms with Gasteiger partial charge in [0.1, 0.15) is 0 Å². The quantitative estimate of drug-likeness (QED) is 0.482. The first-order chi connectivity index (χ1) is 12.6. The number of hydrogen-bond acceptors (Lipinski definition) is 6. The Hall–Kier alpha value is -1.90. The molecule has 4 rings (SSSR count). The number of nitrogens with zero attached hydrogens (tertiary/aromatic N) is 4. The van der Waals surface area contributed by atoms with Crippen LogP contribution in [0.3, 0.4) is 0 Å². The monoisotopic (exact) mass is 405 g/mol. The molecule has 1 aliphatic rings. The molecule has 0 saturated heterocycles. The lowest BCUT2D eigenvalue weighted by molar-refractivity contribution is -0.115.